The van der Waals surface area contributed by atoms with E-state index in [2.05, 4.69) is 10.6 Å². The summed E-state index contributed by atoms with van der Waals surface area (Å²) in [5, 5.41) is 118. The number of benzene rings is 3. The summed E-state index contributed by atoms with van der Waals surface area (Å²) < 4.78 is 72.8. The lowest BCUT2D eigenvalue weighted by Gasteiger charge is -2.48. The number of nitrogens with one attached hydrogen (secondary N) is 2. The Morgan fingerprint density at radius 2 is 1.07 bits per heavy atom. The van der Waals surface area contributed by atoms with Crippen LogP contribution in [0.2, 0.25) is 0 Å². The van der Waals surface area contributed by atoms with E-state index in [1.54, 1.807) is 79.7 Å². The third kappa shape index (κ3) is 17.9. The van der Waals surface area contributed by atoms with E-state index in [0.717, 1.165) is 32.1 Å². The van der Waals surface area contributed by atoms with Gasteiger partial charge in [0.15, 0.2) is 31.1 Å². The first-order chi connectivity index (χ1) is 48.6. The maximum Gasteiger partial charge on any atom is 0.341 e. The average molecular weight is 1420 g/mol. The molecule has 3 saturated carbocycles. The molecule has 0 spiro atoms. The van der Waals surface area contributed by atoms with Gasteiger partial charge < -0.3 is 118 Å². The molecule has 0 bridgehead atoms. The lowest BCUT2D eigenvalue weighted by molar-refractivity contribution is -0.349. The highest BCUT2D eigenvalue weighted by molar-refractivity contribution is 5.89. The second-order valence-corrected chi connectivity index (χ2v) is 27.2. The molecule has 6 aliphatic rings. The summed E-state index contributed by atoms with van der Waals surface area (Å²) in [7, 11) is 0. The molecule has 3 aliphatic carbocycles. The molecule has 30 nitrogen and oxygen atoms in total. The third-order valence-corrected chi connectivity index (χ3v) is 20.1. The van der Waals surface area contributed by atoms with Gasteiger partial charge in [-0.25, -0.2) is 19.2 Å². The number of carboxylic acids is 1. The summed E-state index contributed by atoms with van der Waals surface area (Å²) in [6, 6.07) is 24.4. The maximum absolute atomic E-state index is 14.5. The van der Waals surface area contributed by atoms with Gasteiger partial charge in [0, 0.05) is 35.7 Å². The minimum atomic E-state index is -1.83. The Kier molecular flexibility index (Phi) is 25.6. The lowest BCUT2D eigenvalue weighted by Crippen LogP contribution is -2.64. The van der Waals surface area contributed by atoms with Crippen LogP contribution in [0.1, 0.15) is 99.5 Å². The first kappa shape index (κ1) is 75.4. The zero-order valence-electron chi connectivity index (χ0n) is 55.7. The maximum atomic E-state index is 14.5. The number of fused-ring (bicyclic) bond motifs is 2. The molecule has 15 unspecified atom stereocenters. The molecule has 6 fully saturated rings. The average Bonchev–Trinajstić information content (AvgIpc) is 0.779. The molecule has 2 aromatic heterocycles. The van der Waals surface area contributed by atoms with Gasteiger partial charge in [-0.15, -0.1) is 0 Å². The predicted octanol–water partition coefficient (Wildman–Crippen LogP) is 0.954. The summed E-state index contributed by atoms with van der Waals surface area (Å²) in [5.41, 5.74) is -0.637. The number of carbonyl (C=O) groups excluding carboxylic acids is 3. The van der Waals surface area contributed by atoms with Crippen molar-refractivity contribution in [2.75, 3.05) is 26.3 Å². The standard InChI is InChI=1S/C71H90N2O28/c1-34-23-40(29-48(59(34)101-69-57(81)56(80)52(76)35(2)92-69)97-71-62(100-66(87)37-15-7-4-8-16-37)61(55(79)51(31-75)99-71)93-49(65(85)86)24-36-13-5-3-6-14-36)63(83)72-21-22-73-64(84)41-27-46(90-32-42-25-38-17-9-11-19-44(38)94-67(42)88)53(77)47(28-41)96-70-58(82)60(54(78)50(30-74)98-70)91-33-43-26-39-18-10-12-20-45(39)95-68(43)89/h4,7-12,15-20,25-26,34-36,40-41,46-62,69-71,74-82H,3,5-6,13-14,21-24,27-33H2,1-2H3,(H,72,83)(H,73,84)(H,85,86)/t34?,35?,40?,41?,46?,47-,48-,49+,50?,51?,52-,53?,54+,55+,56?,57?,58?,59?,60?,61?,62?,69+,70-,71-/m1/s1. The van der Waals surface area contributed by atoms with E-state index in [1.165, 1.54) is 25.1 Å². The fourth-order valence-corrected chi connectivity index (χ4v) is 14.5. The first-order valence-corrected chi connectivity index (χ1v) is 34.4. The Balaban J connectivity index is 0.797. The number of hydrogen-bond donors (Lipinski definition) is 12. The summed E-state index contributed by atoms with van der Waals surface area (Å²) in [6.45, 7) is 0.301. The summed E-state index contributed by atoms with van der Waals surface area (Å²) in [6.07, 6.45) is -28.9. The number of para-hydroxylation sites is 2. The number of hydrogen-bond acceptors (Lipinski definition) is 27. The van der Waals surface area contributed by atoms with Gasteiger partial charge in [-0.1, -0.05) is 93.6 Å². The van der Waals surface area contributed by atoms with E-state index in [9.17, 15) is 79.8 Å². The topological polar surface area (TPSA) is 447 Å². The fraction of sp³-hybridized carbons (Fsp3) is 0.606. The number of carboxylic acid groups (broad SMARTS) is 1. The monoisotopic (exact) mass is 1420 g/mol. The van der Waals surface area contributed by atoms with Gasteiger partial charge in [-0.2, -0.15) is 0 Å². The third-order valence-electron chi connectivity index (χ3n) is 20.1. The quantitative estimate of drug-likeness (QED) is 0.0208. The van der Waals surface area contributed by atoms with Crippen LogP contribution in [0.25, 0.3) is 21.9 Å². The van der Waals surface area contributed by atoms with Crippen LogP contribution in [-0.2, 0) is 75.0 Å². The predicted molar refractivity (Wildman–Crippen MR) is 348 cm³/mol. The Morgan fingerprint density at radius 1 is 0.535 bits per heavy atom. The molecule has 30 heteroatoms. The molecular formula is C71H90N2O28. The molecule has 0 radical (unpaired) electrons. The lowest BCUT2D eigenvalue weighted by atomic mass is 9.77. The van der Waals surface area contributed by atoms with E-state index >= 15 is 0 Å². The van der Waals surface area contributed by atoms with Gasteiger partial charge in [0.05, 0.1) is 73.6 Å². The Morgan fingerprint density at radius 3 is 1.68 bits per heavy atom. The van der Waals surface area contributed by atoms with E-state index in [4.69, 9.17) is 56.2 Å². The summed E-state index contributed by atoms with van der Waals surface area (Å²) >= 11 is 0. The molecule has 3 aromatic carbocycles. The number of aliphatic hydroxyl groups is 9. The van der Waals surface area contributed by atoms with Crippen molar-refractivity contribution in [2.45, 2.75) is 220 Å². The highest BCUT2D eigenvalue weighted by atomic mass is 16.8. The van der Waals surface area contributed by atoms with Crippen LogP contribution in [0.3, 0.4) is 0 Å². The summed E-state index contributed by atoms with van der Waals surface area (Å²) in [5.74, 6) is -6.15. The molecule has 552 valence electrons. The SMILES string of the molecule is CC1CC(C(=O)NCCNC(=O)C2CC(OCc3cc4ccccc4oc3=O)C(O)[C@H](O[C@@H]3OC(CO)[C@H](O)C(OCc4cc5ccccc5oc4=O)C3O)C2)C[C@@H](O[C@@H]2OC(CO)[C@H](O)C(O[C@@H](CC3CCCCC3)C(=O)O)C2OC(=O)c2ccccc2)C1O[C@@H]1OC(C)[C@@H](O)C(O)C1O. The minimum absolute atomic E-state index is 0.0407. The molecule has 2 amide bonds. The molecule has 3 aliphatic heterocycles. The van der Waals surface area contributed by atoms with Crippen LogP contribution >= 0.6 is 0 Å². The molecule has 5 aromatic rings. The van der Waals surface area contributed by atoms with Crippen molar-refractivity contribution in [1.82, 2.24) is 10.6 Å². The second kappa shape index (κ2) is 34.2. The van der Waals surface area contributed by atoms with Crippen LogP contribution in [0, 0.1) is 23.7 Å². The van der Waals surface area contributed by atoms with Crippen molar-refractivity contribution in [3.05, 3.63) is 129 Å². The molecule has 5 heterocycles. The normalized spacial score (nSPS) is 34.4. The Labute approximate surface area is 579 Å². The fourth-order valence-electron chi connectivity index (χ4n) is 14.5. The highest BCUT2D eigenvalue weighted by Crippen LogP contribution is 2.41. The molecule has 12 N–H and O–H groups in total. The molecular weight excluding hydrogens is 1330 g/mol. The van der Waals surface area contributed by atoms with Crippen LogP contribution in [-0.4, -0.2) is 230 Å². The van der Waals surface area contributed by atoms with Gasteiger partial charge in [-0.3, -0.25) is 9.59 Å². The van der Waals surface area contributed by atoms with Gasteiger partial charge in [0.1, 0.15) is 78.3 Å². The number of ether oxygens (including phenoxy) is 10. The minimum Gasteiger partial charge on any atom is -0.479 e. The second-order valence-electron chi connectivity index (χ2n) is 27.2. The van der Waals surface area contributed by atoms with Crippen molar-refractivity contribution >= 4 is 45.7 Å². The number of aliphatic carboxylic acids is 1. The number of aliphatic hydroxyl groups excluding tert-OH is 9. The Hall–Kier alpha value is -6.76. The molecule has 11 rings (SSSR count). The Bertz CT molecular complexity index is 3700. The number of carbonyl (C=O) groups is 4. The van der Waals surface area contributed by atoms with Crippen molar-refractivity contribution < 1.29 is 126 Å². The molecule has 3 saturated heterocycles. The summed E-state index contributed by atoms with van der Waals surface area (Å²) in [4.78, 5) is 82.1. The zero-order valence-corrected chi connectivity index (χ0v) is 55.7. The van der Waals surface area contributed by atoms with Gasteiger partial charge in [0.2, 0.25) is 11.8 Å². The van der Waals surface area contributed by atoms with Crippen LogP contribution in [0.5, 0.6) is 0 Å². The number of amides is 2. The number of rotatable bonds is 26. The molecule has 24 atom stereocenters. The smallest absolute Gasteiger partial charge is 0.341 e. The highest BCUT2D eigenvalue weighted by Gasteiger charge is 2.55. The van der Waals surface area contributed by atoms with Gasteiger partial charge in [0.25, 0.3) is 0 Å². The van der Waals surface area contributed by atoms with E-state index < -0.39 is 208 Å². The van der Waals surface area contributed by atoms with E-state index in [-0.39, 0.29) is 67.8 Å². The van der Waals surface area contributed by atoms with E-state index in [1.807, 2.05) is 0 Å². The zero-order chi connectivity index (χ0) is 71.8. The van der Waals surface area contributed by atoms with Crippen molar-refractivity contribution in [2.24, 2.45) is 23.7 Å². The largest absolute Gasteiger partial charge is 0.479 e. The van der Waals surface area contributed by atoms with Crippen LogP contribution in [0.15, 0.2) is 109 Å². The molecule has 101 heavy (non-hydrogen) atoms. The van der Waals surface area contributed by atoms with Crippen LogP contribution < -0.4 is 21.9 Å². The van der Waals surface area contributed by atoms with E-state index in [0.29, 0.717) is 21.9 Å². The van der Waals surface area contributed by atoms with Crippen LogP contribution in [0.4, 0.5) is 0 Å². The van der Waals surface area contributed by atoms with Crippen molar-refractivity contribution in [1.29, 1.82) is 0 Å². The van der Waals surface area contributed by atoms with Crippen molar-refractivity contribution in [3.8, 4) is 0 Å². The van der Waals surface area contributed by atoms with Gasteiger partial charge in [-0.05, 0) is 87.3 Å². The van der Waals surface area contributed by atoms with Gasteiger partial charge >= 0.3 is 23.2 Å². The number of esters is 1. The van der Waals surface area contributed by atoms with Crippen molar-refractivity contribution in [3.63, 3.8) is 0 Å². The first-order valence-electron chi connectivity index (χ1n) is 34.4.